The lowest BCUT2D eigenvalue weighted by atomic mass is 10.4. The average molecular weight is 96.1 g/mol. The molecule has 1 aliphatic heterocycles. The Kier molecular flexibility index (Phi) is 0.685. The molecule has 0 unspecified atom stereocenters. The van der Waals surface area contributed by atoms with Crippen molar-refractivity contribution in [2.24, 2.45) is 0 Å². The van der Waals surface area contributed by atoms with Crippen LogP contribution in [-0.2, 0) is 4.74 Å². The van der Waals surface area contributed by atoms with E-state index in [0.29, 0.717) is 0 Å². The first kappa shape index (κ1) is 4.05. The standard InChI is InChI=1S/C4H4N2O/c5-3-1-2-7-4(3)6/h1-2,5-6H. The molecule has 0 spiro atoms. The van der Waals surface area contributed by atoms with E-state index in [1.807, 2.05) is 0 Å². The van der Waals surface area contributed by atoms with Crippen molar-refractivity contribution < 1.29 is 4.74 Å². The van der Waals surface area contributed by atoms with Crippen molar-refractivity contribution in [2.75, 3.05) is 0 Å². The molecule has 7 heavy (non-hydrogen) atoms. The maximum absolute atomic E-state index is 6.82. The van der Waals surface area contributed by atoms with E-state index >= 15 is 0 Å². The van der Waals surface area contributed by atoms with E-state index in [-0.39, 0.29) is 11.6 Å². The van der Waals surface area contributed by atoms with Gasteiger partial charge in [0.2, 0.25) is 5.90 Å². The fourth-order valence-electron chi connectivity index (χ4n) is 0.309. The quantitative estimate of drug-likeness (QED) is 0.454. The summed E-state index contributed by atoms with van der Waals surface area (Å²) in [6.07, 6.45) is 2.76. The highest BCUT2D eigenvalue weighted by atomic mass is 16.5. The highest BCUT2D eigenvalue weighted by Gasteiger charge is 2.05. The van der Waals surface area contributed by atoms with Crippen LogP contribution in [0.1, 0.15) is 0 Å². The molecule has 1 rings (SSSR count). The van der Waals surface area contributed by atoms with Gasteiger partial charge in [0.05, 0.1) is 6.26 Å². The lowest BCUT2D eigenvalue weighted by molar-refractivity contribution is 0.486. The molecule has 1 heterocycles. The second kappa shape index (κ2) is 1.18. The van der Waals surface area contributed by atoms with Crippen molar-refractivity contribution in [1.82, 2.24) is 0 Å². The fraction of sp³-hybridized carbons (Fsp3) is 0. The van der Waals surface area contributed by atoms with Crippen molar-refractivity contribution in [3.05, 3.63) is 12.3 Å². The zero-order valence-corrected chi connectivity index (χ0v) is 3.56. The zero-order valence-electron chi connectivity index (χ0n) is 3.56. The van der Waals surface area contributed by atoms with Gasteiger partial charge in [0, 0.05) is 6.08 Å². The van der Waals surface area contributed by atoms with E-state index in [9.17, 15) is 0 Å². The van der Waals surface area contributed by atoms with Gasteiger partial charge in [-0.1, -0.05) is 0 Å². The molecule has 0 saturated heterocycles. The molecule has 0 amide bonds. The smallest absolute Gasteiger partial charge is 0.236 e. The second-order valence-corrected chi connectivity index (χ2v) is 1.16. The molecule has 0 atom stereocenters. The summed E-state index contributed by atoms with van der Waals surface area (Å²) < 4.78 is 4.44. The second-order valence-electron chi connectivity index (χ2n) is 1.16. The Morgan fingerprint density at radius 2 is 2.14 bits per heavy atom. The van der Waals surface area contributed by atoms with Crippen LogP contribution in [0.2, 0.25) is 0 Å². The molecule has 1 aliphatic rings. The molecule has 3 nitrogen and oxygen atoms in total. The van der Waals surface area contributed by atoms with E-state index in [1.54, 1.807) is 0 Å². The van der Waals surface area contributed by atoms with E-state index in [2.05, 4.69) is 4.74 Å². The first-order valence-corrected chi connectivity index (χ1v) is 1.81. The monoisotopic (exact) mass is 96.0 g/mol. The van der Waals surface area contributed by atoms with Gasteiger partial charge in [-0.25, -0.2) is 0 Å². The Labute approximate surface area is 40.6 Å². The van der Waals surface area contributed by atoms with Crippen LogP contribution in [0.25, 0.3) is 0 Å². The first-order valence-electron chi connectivity index (χ1n) is 1.81. The molecule has 0 aliphatic carbocycles. The maximum Gasteiger partial charge on any atom is 0.236 e. The average Bonchev–Trinajstić information content (AvgIpc) is 1.91. The van der Waals surface area contributed by atoms with Gasteiger partial charge in [-0.15, -0.1) is 0 Å². The van der Waals surface area contributed by atoms with E-state index in [0.717, 1.165) is 0 Å². The molecule has 2 N–H and O–H groups in total. The third-order valence-corrected chi connectivity index (χ3v) is 0.665. The van der Waals surface area contributed by atoms with Crippen LogP contribution >= 0.6 is 0 Å². The molecule has 0 fully saturated rings. The van der Waals surface area contributed by atoms with Crippen LogP contribution in [0.5, 0.6) is 0 Å². The summed E-state index contributed by atoms with van der Waals surface area (Å²) in [6.45, 7) is 0. The van der Waals surface area contributed by atoms with E-state index < -0.39 is 0 Å². The summed E-state index contributed by atoms with van der Waals surface area (Å²) in [5, 5.41) is 13.6. The number of rotatable bonds is 0. The van der Waals surface area contributed by atoms with E-state index in [4.69, 9.17) is 10.8 Å². The van der Waals surface area contributed by atoms with Crippen LogP contribution in [0, 0.1) is 10.8 Å². The largest absolute Gasteiger partial charge is 0.445 e. The van der Waals surface area contributed by atoms with Crippen molar-refractivity contribution in [1.29, 1.82) is 10.8 Å². The van der Waals surface area contributed by atoms with Crippen LogP contribution in [0.4, 0.5) is 0 Å². The minimum atomic E-state index is -0.0694. The molecule has 0 aromatic rings. The van der Waals surface area contributed by atoms with Gasteiger partial charge in [-0.2, -0.15) is 0 Å². The fourth-order valence-corrected chi connectivity index (χ4v) is 0.309. The third-order valence-electron chi connectivity index (χ3n) is 0.665. The lowest BCUT2D eigenvalue weighted by Crippen LogP contribution is -2.02. The summed E-state index contributed by atoms with van der Waals surface area (Å²) in [7, 11) is 0. The summed E-state index contributed by atoms with van der Waals surface area (Å²) in [5.41, 5.74) is 0.139. The number of hydrogen-bond donors (Lipinski definition) is 2. The lowest BCUT2D eigenvalue weighted by Gasteiger charge is -1.85. The van der Waals surface area contributed by atoms with E-state index in [1.165, 1.54) is 12.3 Å². The van der Waals surface area contributed by atoms with Gasteiger partial charge in [-0.3, -0.25) is 10.8 Å². The van der Waals surface area contributed by atoms with Gasteiger partial charge in [-0.05, 0) is 0 Å². The van der Waals surface area contributed by atoms with Crippen molar-refractivity contribution in [3.8, 4) is 0 Å². The predicted octanol–water partition coefficient (Wildman–Crippen LogP) is 0.527. The minimum absolute atomic E-state index is 0.0694. The SMILES string of the molecule is N=C1C=COC1=N. The first-order chi connectivity index (χ1) is 3.30. The Bertz CT molecular complexity index is 148. The molecule has 0 aromatic heterocycles. The van der Waals surface area contributed by atoms with Gasteiger partial charge in [0.15, 0.2) is 0 Å². The molecule has 0 saturated carbocycles. The summed E-state index contributed by atoms with van der Waals surface area (Å²) in [4.78, 5) is 0. The highest BCUT2D eigenvalue weighted by Crippen LogP contribution is 1.93. The normalized spacial score (nSPS) is 17.7. The predicted molar refractivity (Wildman–Crippen MR) is 25.7 cm³/mol. The highest BCUT2D eigenvalue weighted by molar-refractivity contribution is 6.42. The molecule has 36 valence electrons. The van der Waals surface area contributed by atoms with Crippen LogP contribution in [0.15, 0.2) is 12.3 Å². The molecule has 0 radical (unpaired) electrons. The molecule has 0 aromatic carbocycles. The topological polar surface area (TPSA) is 56.9 Å². The molecule has 3 heteroatoms. The van der Waals surface area contributed by atoms with Gasteiger partial charge in [0.25, 0.3) is 0 Å². The Hall–Kier alpha value is -1.12. The zero-order chi connectivity index (χ0) is 5.28. The van der Waals surface area contributed by atoms with Crippen molar-refractivity contribution in [3.63, 3.8) is 0 Å². The van der Waals surface area contributed by atoms with Gasteiger partial charge < -0.3 is 4.74 Å². The van der Waals surface area contributed by atoms with Crippen molar-refractivity contribution >= 4 is 11.6 Å². The molecular weight excluding hydrogens is 92.1 g/mol. The van der Waals surface area contributed by atoms with Crippen LogP contribution < -0.4 is 0 Å². The molecule has 0 bridgehead atoms. The summed E-state index contributed by atoms with van der Waals surface area (Å²) in [6, 6.07) is 0. The maximum atomic E-state index is 6.82. The summed E-state index contributed by atoms with van der Waals surface area (Å²) >= 11 is 0. The number of ether oxygens (including phenoxy) is 1. The molecular formula is C4H4N2O. The van der Waals surface area contributed by atoms with Gasteiger partial charge in [0.1, 0.15) is 5.71 Å². The Morgan fingerprint density at radius 3 is 2.29 bits per heavy atom. The van der Waals surface area contributed by atoms with Crippen LogP contribution in [0.3, 0.4) is 0 Å². The Balaban J connectivity index is 2.81. The van der Waals surface area contributed by atoms with Gasteiger partial charge >= 0.3 is 0 Å². The third kappa shape index (κ3) is 0.513. The summed E-state index contributed by atoms with van der Waals surface area (Å²) in [5.74, 6) is -0.0694. The van der Waals surface area contributed by atoms with Crippen LogP contribution in [-0.4, -0.2) is 11.6 Å². The minimum Gasteiger partial charge on any atom is -0.445 e. The number of nitrogens with one attached hydrogen (secondary N) is 2. The number of hydrogen-bond acceptors (Lipinski definition) is 3. The Morgan fingerprint density at radius 1 is 1.43 bits per heavy atom. The van der Waals surface area contributed by atoms with Crippen molar-refractivity contribution in [2.45, 2.75) is 0 Å².